The summed E-state index contributed by atoms with van der Waals surface area (Å²) >= 11 is 0. The Morgan fingerprint density at radius 2 is 1.94 bits per heavy atom. The fraction of sp³-hybridized carbons (Fsp3) is 0.222. The van der Waals surface area contributed by atoms with Crippen LogP contribution in [0, 0.1) is 0 Å². The van der Waals surface area contributed by atoms with Crippen molar-refractivity contribution >= 4 is 21.7 Å². The first-order valence-corrected chi connectivity index (χ1v) is 4.35. The summed E-state index contributed by atoms with van der Waals surface area (Å²) in [6, 6.07) is 3.61. The first-order chi connectivity index (χ1) is 7.26. The number of aromatic hydroxyl groups is 2. The maximum Gasteiger partial charge on any atom is 0.313 e. The van der Waals surface area contributed by atoms with Crippen molar-refractivity contribution in [1.29, 1.82) is 0 Å². The Balaban J connectivity index is 3.10. The molecule has 1 aromatic carbocycles. The fourth-order valence-electron chi connectivity index (χ4n) is 1.14. The summed E-state index contributed by atoms with van der Waals surface area (Å²) in [6.07, 6.45) is 0. The largest absolute Gasteiger partial charge is 0.504 e. The van der Waals surface area contributed by atoms with Crippen LogP contribution in [0.5, 0.6) is 11.5 Å². The molecule has 0 aliphatic heterocycles. The molecule has 0 spiro atoms. The highest BCUT2D eigenvalue weighted by molar-refractivity contribution is 6.33. The zero-order valence-corrected chi connectivity index (χ0v) is 8.29. The predicted octanol–water partition coefficient (Wildman–Crippen LogP) is -0.785. The second-order valence-electron chi connectivity index (χ2n) is 3.46. The van der Waals surface area contributed by atoms with E-state index in [2.05, 4.69) is 0 Å². The van der Waals surface area contributed by atoms with E-state index in [1.165, 1.54) is 12.1 Å². The Kier molecular flexibility index (Phi) is 3.19. The minimum Gasteiger partial charge on any atom is -0.504 e. The van der Waals surface area contributed by atoms with Crippen LogP contribution in [-0.4, -0.2) is 42.4 Å². The number of carboxylic acids is 1. The van der Waals surface area contributed by atoms with Crippen LogP contribution in [-0.2, 0) is 4.79 Å². The summed E-state index contributed by atoms with van der Waals surface area (Å²) in [5.74, 6) is -3.44. The molecule has 2 atom stereocenters. The Labute approximate surface area is 94.7 Å². The standard InChI is InChI=1S/C9H9B2NO4/c10-7(9(11,12)8(15)16)4-1-2-5(13)6(14)3-4/h1-3,7,13-14H,12H2,(H,15,16)/t7-,9?/m1/s1. The number of benzene rings is 1. The highest BCUT2D eigenvalue weighted by atomic mass is 16.4. The van der Waals surface area contributed by atoms with E-state index in [1.54, 1.807) is 0 Å². The van der Waals surface area contributed by atoms with Crippen molar-refractivity contribution in [3.8, 4) is 11.5 Å². The molecular weight excluding hydrogens is 208 g/mol. The van der Waals surface area contributed by atoms with Gasteiger partial charge in [-0.15, -0.1) is 0 Å². The number of carboxylic acid groups (broad SMARTS) is 1. The van der Waals surface area contributed by atoms with Gasteiger partial charge in [-0.05, 0) is 23.5 Å². The van der Waals surface area contributed by atoms with Gasteiger partial charge in [0.1, 0.15) is 7.85 Å². The van der Waals surface area contributed by atoms with Crippen molar-refractivity contribution in [2.24, 2.45) is 5.73 Å². The smallest absolute Gasteiger partial charge is 0.313 e. The number of aliphatic carboxylic acids is 1. The molecule has 7 heteroatoms. The molecule has 16 heavy (non-hydrogen) atoms. The average Bonchev–Trinajstić information content (AvgIpc) is 2.20. The molecule has 4 radical (unpaired) electrons. The van der Waals surface area contributed by atoms with Crippen molar-refractivity contribution in [1.82, 2.24) is 0 Å². The number of hydrogen-bond donors (Lipinski definition) is 4. The molecule has 80 valence electrons. The van der Waals surface area contributed by atoms with Crippen LogP contribution in [0.25, 0.3) is 0 Å². The number of rotatable bonds is 3. The van der Waals surface area contributed by atoms with Gasteiger partial charge in [0.15, 0.2) is 11.5 Å². The summed E-state index contributed by atoms with van der Waals surface area (Å²) in [5.41, 5.74) is 3.39. The van der Waals surface area contributed by atoms with E-state index < -0.39 is 23.0 Å². The highest BCUT2D eigenvalue weighted by Gasteiger charge is 2.34. The van der Waals surface area contributed by atoms with Crippen LogP contribution in [0.3, 0.4) is 0 Å². The van der Waals surface area contributed by atoms with E-state index in [-0.39, 0.29) is 11.3 Å². The molecule has 0 fully saturated rings. The van der Waals surface area contributed by atoms with Crippen LogP contribution in [0.2, 0.25) is 0 Å². The van der Waals surface area contributed by atoms with E-state index in [0.29, 0.717) is 0 Å². The summed E-state index contributed by atoms with van der Waals surface area (Å²) in [4.78, 5) is 10.7. The normalized spacial score (nSPS) is 16.3. The van der Waals surface area contributed by atoms with E-state index in [4.69, 9.17) is 31.6 Å². The molecule has 1 aromatic rings. The molecule has 0 saturated carbocycles. The fourth-order valence-corrected chi connectivity index (χ4v) is 1.14. The van der Waals surface area contributed by atoms with Crippen molar-refractivity contribution in [3.05, 3.63) is 23.8 Å². The molecule has 0 aliphatic carbocycles. The Bertz CT molecular complexity index is 422. The van der Waals surface area contributed by atoms with Gasteiger partial charge in [-0.1, -0.05) is 6.07 Å². The zero-order valence-electron chi connectivity index (χ0n) is 8.29. The minimum atomic E-state index is -2.15. The van der Waals surface area contributed by atoms with Crippen LogP contribution >= 0.6 is 0 Å². The van der Waals surface area contributed by atoms with Crippen LogP contribution in [0.15, 0.2) is 18.2 Å². The van der Waals surface area contributed by atoms with Crippen LogP contribution < -0.4 is 5.73 Å². The number of phenolic OH excluding ortho intramolecular Hbond substituents is 2. The summed E-state index contributed by atoms with van der Waals surface area (Å²) in [7, 11) is 10.9. The maximum absolute atomic E-state index is 10.7. The lowest BCUT2D eigenvalue weighted by atomic mass is 9.58. The Morgan fingerprint density at radius 1 is 1.38 bits per heavy atom. The highest BCUT2D eigenvalue weighted by Crippen LogP contribution is 2.30. The molecule has 0 bridgehead atoms. The average molecular weight is 217 g/mol. The van der Waals surface area contributed by atoms with Crippen molar-refractivity contribution < 1.29 is 20.1 Å². The maximum atomic E-state index is 10.7. The zero-order chi connectivity index (χ0) is 12.5. The minimum absolute atomic E-state index is 0.211. The molecule has 1 rings (SSSR count). The molecule has 5 N–H and O–H groups in total. The number of hydrogen-bond acceptors (Lipinski definition) is 4. The Morgan fingerprint density at radius 3 is 2.38 bits per heavy atom. The van der Waals surface area contributed by atoms with Crippen LogP contribution in [0.4, 0.5) is 0 Å². The van der Waals surface area contributed by atoms with Gasteiger partial charge >= 0.3 is 5.97 Å². The van der Waals surface area contributed by atoms with E-state index in [0.717, 1.165) is 6.07 Å². The van der Waals surface area contributed by atoms with Gasteiger partial charge in [-0.25, -0.2) is 0 Å². The molecule has 0 amide bonds. The van der Waals surface area contributed by atoms with Crippen molar-refractivity contribution in [2.45, 2.75) is 11.3 Å². The molecular formula is C9H9B2NO4. The monoisotopic (exact) mass is 217 g/mol. The molecule has 0 aliphatic rings. The molecule has 5 nitrogen and oxygen atoms in total. The first kappa shape index (κ1) is 12.4. The number of nitrogens with two attached hydrogens (primary N) is 1. The van der Waals surface area contributed by atoms with Gasteiger partial charge in [0.25, 0.3) is 0 Å². The lowest BCUT2D eigenvalue weighted by Gasteiger charge is -2.28. The van der Waals surface area contributed by atoms with Gasteiger partial charge in [-0.2, -0.15) is 0 Å². The van der Waals surface area contributed by atoms with Crippen LogP contribution in [0.1, 0.15) is 11.4 Å². The van der Waals surface area contributed by atoms with Gasteiger partial charge in [0.2, 0.25) is 0 Å². The van der Waals surface area contributed by atoms with Crippen molar-refractivity contribution in [3.63, 3.8) is 0 Å². The second-order valence-corrected chi connectivity index (χ2v) is 3.46. The first-order valence-electron chi connectivity index (χ1n) is 4.35. The third-order valence-electron chi connectivity index (χ3n) is 2.24. The summed E-state index contributed by atoms with van der Waals surface area (Å²) in [5, 5.41) is 27.0. The predicted molar refractivity (Wildman–Crippen MR) is 58.6 cm³/mol. The van der Waals surface area contributed by atoms with Gasteiger partial charge in [0, 0.05) is 0 Å². The topological polar surface area (TPSA) is 104 Å². The Hall–Kier alpha value is -1.62. The lowest BCUT2D eigenvalue weighted by molar-refractivity contribution is -0.140. The van der Waals surface area contributed by atoms with E-state index >= 15 is 0 Å². The van der Waals surface area contributed by atoms with Crippen molar-refractivity contribution in [2.75, 3.05) is 0 Å². The van der Waals surface area contributed by atoms with Gasteiger partial charge in [0.05, 0.1) is 13.3 Å². The molecule has 0 heterocycles. The molecule has 1 unspecified atom stereocenters. The molecule has 0 saturated heterocycles. The van der Waals surface area contributed by atoms with Gasteiger partial charge < -0.3 is 21.1 Å². The second kappa shape index (κ2) is 4.09. The number of carbonyl (C=O) groups is 1. The van der Waals surface area contributed by atoms with E-state index in [9.17, 15) is 9.90 Å². The quantitative estimate of drug-likeness (QED) is 0.392. The lowest BCUT2D eigenvalue weighted by Crippen LogP contribution is -2.53. The summed E-state index contributed by atoms with van der Waals surface area (Å²) < 4.78 is 0. The van der Waals surface area contributed by atoms with Gasteiger partial charge in [-0.3, -0.25) is 4.79 Å². The number of phenols is 2. The van der Waals surface area contributed by atoms with E-state index in [1.807, 2.05) is 0 Å². The third-order valence-corrected chi connectivity index (χ3v) is 2.24. The summed E-state index contributed by atoms with van der Waals surface area (Å²) in [6.45, 7) is 0. The SMILES string of the molecule is [B][C@H](c1ccc(O)c(O)c1)C([B])(N)C(=O)O. The molecule has 0 aromatic heterocycles. The third kappa shape index (κ3) is 2.14.